The summed E-state index contributed by atoms with van der Waals surface area (Å²) in [5.41, 5.74) is 4.77. The van der Waals surface area contributed by atoms with Gasteiger partial charge in [-0.25, -0.2) is 0 Å². The summed E-state index contributed by atoms with van der Waals surface area (Å²) in [6.07, 6.45) is 0.686. The van der Waals surface area contributed by atoms with Crippen LogP contribution in [0.4, 0.5) is 5.69 Å². The number of rotatable bonds is 4. The Morgan fingerprint density at radius 2 is 1.96 bits per heavy atom. The first-order valence-corrected chi connectivity index (χ1v) is 8.33. The smallest absolute Gasteiger partial charge is 0.264 e. The Morgan fingerprint density at radius 3 is 2.72 bits per heavy atom. The first-order valence-electron chi connectivity index (χ1n) is 8.33. The Morgan fingerprint density at radius 1 is 1.16 bits per heavy atom. The Hall–Kier alpha value is -2.82. The van der Waals surface area contributed by atoms with Gasteiger partial charge in [0.2, 0.25) is 0 Å². The van der Waals surface area contributed by atoms with Gasteiger partial charge in [0.1, 0.15) is 5.75 Å². The molecule has 25 heavy (non-hydrogen) atoms. The fraction of sp³-hybridized carbons (Fsp3) is 0.300. The lowest BCUT2D eigenvalue weighted by Gasteiger charge is -2.26. The second-order valence-corrected chi connectivity index (χ2v) is 6.35. The summed E-state index contributed by atoms with van der Waals surface area (Å²) in [6, 6.07) is 11.5. The maximum atomic E-state index is 12.2. The molecule has 1 aliphatic rings. The maximum Gasteiger partial charge on any atom is 0.264 e. The van der Waals surface area contributed by atoms with E-state index in [1.165, 1.54) is 5.56 Å². The van der Waals surface area contributed by atoms with Crippen LogP contribution in [0.5, 0.6) is 5.75 Å². The first-order chi connectivity index (χ1) is 12.0. The third kappa shape index (κ3) is 3.65. The minimum atomic E-state index is -0.0725. The van der Waals surface area contributed by atoms with Crippen LogP contribution in [0.1, 0.15) is 27.0 Å². The van der Waals surface area contributed by atoms with Gasteiger partial charge in [0.05, 0.1) is 5.69 Å². The van der Waals surface area contributed by atoms with Crippen LogP contribution in [0.15, 0.2) is 36.4 Å². The van der Waals surface area contributed by atoms with Gasteiger partial charge in [-0.1, -0.05) is 12.1 Å². The lowest BCUT2D eigenvalue weighted by Crippen LogP contribution is -2.35. The second-order valence-electron chi connectivity index (χ2n) is 6.35. The van der Waals surface area contributed by atoms with E-state index < -0.39 is 0 Å². The van der Waals surface area contributed by atoms with Gasteiger partial charge < -0.3 is 15.0 Å². The van der Waals surface area contributed by atoms with Crippen molar-refractivity contribution in [2.45, 2.75) is 20.3 Å². The lowest BCUT2D eigenvalue weighted by molar-refractivity contribution is -0.120. The molecule has 0 fully saturated rings. The van der Waals surface area contributed by atoms with Gasteiger partial charge in [0, 0.05) is 19.2 Å². The van der Waals surface area contributed by atoms with Crippen molar-refractivity contribution in [2.75, 3.05) is 25.1 Å². The average Bonchev–Trinajstić information content (AvgIpc) is 2.61. The molecule has 130 valence electrons. The van der Waals surface area contributed by atoms with Crippen LogP contribution in [-0.2, 0) is 11.2 Å². The highest BCUT2D eigenvalue weighted by Gasteiger charge is 2.22. The molecule has 2 aromatic rings. The topological polar surface area (TPSA) is 58.6 Å². The molecule has 0 bridgehead atoms. The SMILES string of the molecule is Cc1ccc(C(=O)NCCc2ccc3c(c2)N(C)C(=O)CO3)cc1C. The van der Waals surface area contributed by atoms with Gasteiger partial charge in [-0.2, -0.15) is 0 Å². The average molecular weight is 338 g/mol. The number of carbonyl (C=O) groups is 2. The van der Waals surface area contributed by atoms with E-state index in [-0.39, 0.29) is 18.4 Å². The van der Waals surface area contributed by atoms with Gasteiger partial charge in [-0.3, -0.25) is 9.59 Å². The van der Waals surface area contributed by atoms with Crippen LogP contribution < -0.4 is 15.0 Å². The van der Waals surface area contributed by atoms with E-state index >= 15 is 0 Å². The Labute approximate surface area is 147 Å². The molecule has 0 unspecified atom stereocenters. The molecule has 3 rings (SSSR count). The monoisotopic (exact) mass is 338 g/mol. The minimum Gasteiger partial charge on any atom is -0.482 e. The molecular weight excluding hydrogens is 316 g/mol. The summed E-state index contributed by atoms with van der Waals surface area (Å²) in [5.74, 6) is 0.578. The number of amides is 2. The molecule has 0 radical (unpaired) electrons. The molecule has 0 atom stereocenters. The number of nitrogens with zero attached hydrogens (tertiary/aromatic N) is 1. The number of fused-ring (bicyclic) bond motifs is 1. The van der Waals surface area contributed by atoms with Crippen molar-refractivity contribution in [3.63, 3.8) is 0 Å². The number of benzene rings is 2. The summed E-state index contributed by atoms with van der Waals surface area (Å²) >= 11 is 0. The third-order valence-corrected chi connectivity index (χ3v) is 4.58. The molecule has 2 amide bonds. The van der Waals surface area contributed by atoms with Crippen LogP contribution in [0.25, 0.3) is 0 Å². The van der Waals surface area contributed by atoms with Gasteiger partial charge in [0.15, 0.2) is 6.61 Å². The van der Waals surface area contributed by atoms with E-state index in [2.05, 4.69) is 5.32 Å². The highest BCUT2D eigenvalue weighted by molar-refractivity contribution is 5.97. The molecule has 1 heterocycles. The summed E-state index contributed by atoms with van der Waals surface area (Å²) < 4.78 is 5.42. The number of hydrogen-bond acceptors (Lipinski definition) is 3. The standard InChI is InChI=1S/C20H22N2O3/c1-13-4-6-16(10-14(13)2)20(24)21-9-8-15-5-7-18-17(11-15)22(3)19(23)12-25-18/h4-7,10-11H,8-9,12H2,1-3H3,(H,21,24). The van der Waals surface area contributed by atoms with E-state index in [0.717, 1.165) is 16.8 Å². The molecule has 2 aromatic carbocycles. The summed E-state index contributed by atoms with van der Waals surface area (Å²) in [7, 11) is 1.75. The van der Waals surface area contributed by atoms with Gasteiger partial charge in [-0.15, -0.1) is 0 Å². The van der Waals surface area contributed by atoms with Crippen LogP contribution in [0.3, 0.4) is 0 Å². The first kappa shape index (κ1) is 17.0. The molecule has 1 aliphatic heterocycles. The Kier molecular flexibility index (Phi) is 4.74. The van der Waals surface area contributed by atoms with Gasteiger partial charge in [0.25, 0.3) is 11.8 Å². The number of aryl methyl sites for hydroxylation is 2. The number of carbonyl (C=O) groups excluding carboxylic acids is 2. The molecule has 5 heteroatoms. The van der Waals surface area contributed by atoms with Crippen LogP contribution in [0.2, 0.25) is 0 Å². The number of nitrogens with one attached hydrogen (secondary N) is 1. The zero-order valence-corrected chi connectivity index (χ0v) is 14.8. The number of hydrogen-bond donors (Lipinski definition) is 1. The van der Waals surface area contributed by atoms with Crippen molar-refractivity contribution in [3.8, 4) is 5.75 Å². The van der Waals surface area contributed by atoms with Gasteiger partial charge >= 0.3 is 0 Å². The quantitative estimate of drug-likeness (QED) is 0.932. The number of anilines is 1. The second kappa shape index (κ2) is 6.97. The summed E-state index contributed by atoms with van der Waals surface area (Å²) in [5, 5.41) is 2.94. The molecule has 0 aliphatic carbocycles. The van der Waals surface area contributed by atoms with Gasteiger partial charge in [-0.05, 0) is 61.2 Å². The Balaban J connectivity index is 1.61. The number of ether oxygens (including phenoxy) is 1. The lowest BCUT2D eigenvalue weighted by atomic mass is 10.1. The summed E-state index contributed by atoms with van der Waals surface area (Å²) in [4.78, 5) is 25.6. The molecule has 1 N–H and O–H groups in total. The maximum absolute atomic E-state index is 12.2. The Bertz CT molecular complexity index is 830. The van der Waals surface area contributed by atoms with Crippen LogP contribution in [0, 0.1) is 13.8 Å². The minimum absolute atomic E-state index is 0.0623. The van der Waals surface area contributed by atoms with Crippen LogP contribution in [-0.4, -0.2) is 32.0 Å². The van der Waals surface area contributed by atoms with Crippen molar-refractivity contribution in [2.24, 2.45) is 0 Å². The van der Waals surface area contributed by atoms with Crippen molar-refractivity contribution in [1.29, 1.82) is 0 Å². The molecule has 0 aromatic heterocycles. The summed E-state index contributed by atoms with van der Waals surface area (Å²) in [6.45, 7) is 4.63. The van der Waals surface area contributed by atoms with E-state index in [0.29, 0.717) is 24.3 Å². The number of likely N-dealkylation sites (N-methyl/N-ethyl adjacent to an activating group) is 1. The molecule has 0 spiro atoms. The van der Waals surface area contributed by atoms with E-state index in [9.17, 15) is 9.59 Å². The predicted molar refractivity (Wildman–Crippen MR) is 97.3 cm³/mol. The molecule has 5 nitrogen and oxygen atoms in total. The predicted octanol–water partition coefficient (Wildman–Crippen LogP) is 2.63. The largest absolute Gasteiger partial charge is 0.482 e. The van der Waals surface area contributed by atoms with Crippen molar-refractivity contribution < 1.29 is 14.3 Å². The van der Waals surface area contributed by atoms with Crippen LogP contribution >= 0.6 is 0 Å². The molecular formula is C20H22N2O3. The van der Waals surface area contributed by atoms with E-state index in [1.807, 2.05) is 50.2 Å². The zero-order valence-electron chi connectivity index (χ0n) is 14.8. The van der Waals surface area contributed by atoms with Crippen molar-refractivity contribution in [1.82, 2.24) is 5.32 Å². The van der Waals surface area contributed by atoms with E-state index in [4.69, 9.17) is 4.74 Å². The normalized spacial score (nSPS) is 13.2. The van der Waals surface area contributed by atoms with Crippen molar-refractivity contribution in [3.05, 3.63) is 58.7 Å². The fourth-order valence-corrected chi connectivity index (χ4v) is 2.78. The molecule has 0 saturated heterocycles. The molecule has 0 saturated carbocycles. The highest BCUT2D eigenvalue weighted by Crippen LogP contribution is 2.31. The van der Waals surface area contributed by atoms with E-state index in [1.54, 1.807) is 11.9 Å². The zero-order chi connectivity index (χ0) is 18.0. The fourth-order valence-electron chi connectivity index (χ4n) is 2.78. The van der Waals surface area contributed by atoms with Crippen molar-refractivity contribution >= 4 is 17.5 Å². The highest BCUT2D eigenvalue weighted by atomic mass is 16.5. The third-order valence-electron chi connectivity index (χ3n) is 4.58.